The summed E-state index contributed by atoms with van der Waals surface area (Å²) in [5.74, 6) is 6.27. The van der Waals surface area contributed by atoms with E-state index in [1.165, 1.54) is 15.8 Å². The number of nitrogens with two attached hydrogens (primary N) is 1. The van der Waals surface area contributed by atoms with Gasteiger partial charge in [0.1, 0.15) is 17.6 Å². The third kappa shape index (κ3) is 4.19. The second-order valence-electron chi connectivity index (χ2n) is 7.83. The van der Waals surface area contributed by atoms with E-state index < -0.39 is 5.82 Å². The average molecular weight is 477 g/mol. The summed E-state index contributed by atoms with van der Waals surface area (Å²) in [7, 11) is 0. The minimum atomic E-state index is -0.453. The highest BCUT2D eigenvalue weighted by Gasteiger charge is 2.35. The number of amides is 1. The zero-order chi connectivity index (χ0) is 23.7. The van der Waals surface area contributed by atoms with Crippen molar-refractivity contribution in [2.24, 2.45) is 5.10 Å². The molecule has 0 saturated heterocycles. The number of halogens is 1. The molecule has 0 bridgehead atoms. The number of hydrogen-bond donors (Lipinski definition) is 1. The molecule has 4 aromatic rings. The van der Waals surface area contributed by atoms with Crippen molar-refractivity contribution < 1.29 is 13.6 Å². The second kappa shape index (κ2) is 9.14. The van der Waals surface area contributed by atoms with Gasteiger partial charge in [0.15, 0.2) is 5.82 Å². The number of hydrazone groups is 1. The first-order valence-electron chi connectivity index (χ1n) is 10.6. The van der Waals surface area contributed by atoms with Crippen LogP contribution in [-0.4, -0.2) is 37.3 Å². The summed E-state index contributed by atoms with van der Waals surface area (Å²) in [5.41, 5.74) is 3.15. The summed E-state index contributed by atoms with van der Waals surface area (Å²) in [6, 6.07) is 17.5. The van der Waals surface area contributed by atoms with E-state index in [1.54, 1.807) is 30.5 Å². The predicted octanol–water partition coefficient (Wildman–Crippen LogP) is 4.17. The van der Waals surface area contributed by atoms with E-state index in [1.807, 2.05) is 37.3 Å². The van der Waals surface area contributed by atoms with Crippen LogP contribution in [0.5, 0.6) is 0 Å². The number of hydrogen-bond acceptors (Lipinski definition) is 7. The van der Waals surface area contributed by atoms with E-state index in [4.69, 9.17) is 10.3 Å². The number of furan rings is 1. The van der Waals surface area contributed by atoms with E-state index in [0.29, 0.717) is 17.3 Å². The third-order valence-corrected chi connectivity index (χ3v) is 6.45. The summed E-state index contributed by atoms with van der Waals surface area (Å²) >= 11 is 1.11. The molecule has 1 amide bonds. The summed E-state index contributed by atoms with van der Waals surface area (Å²) in [5, 5.41) is 14.4. The smallest absolute Gasteiger partial charge is 0.253 e. The van der Waals surface area contributed by atoms with Crippen LogP contribution in [0.3, 0.4) is 0 Å². The van der Waals surface area contributed by atoms with Gasteiger partial charge in [0.05, 0.1) is 23.3 Å². The highest BCUT2D eigenvalue weighted by molar-refractivity contribution is 7.99. The Morgan fingerprint density at radius 3 is 2.68 bits per heavy atom. The normalized spacial score (nSPS) is 15.5. The van der Waals surface area contributed by atoms with Gasteiger partial charge in [-0.3, -0.25) is 4.79 Å². The first kappa shape index (κ1) is 21.9. The first-order valence-corrected chi connectivity index (χ1v) is 11.6. The molecule has 1 unspecified atom stereocenters. The number of aromatic nitrogens is 3. The molecular weight excluding hydrogens is 455 g/mol. The Kier molecular flexibility index (Phi) is 5.89. The number of benzene rings is 2. The van der Waals surface area contributed by atoms with Gasteiger partial charge in [-0.25, -0.2) is 14.1 Å². The van der Waals surface area contributed by atoms with Crippen LogP contribution in [0.1, 0.15) is 29.3 Å². The van der Waals surface area contributed by atoms with Crippen molar-refractivity contribution in [3.63, 3.8) is 0 Å². The molecule has 8 nitrogen and oxygen atoms in total. The number of aryl methyl sites for hydroxylation is 1. The predicted molar refractivity (Wildman–Crippen MR) is 127 cm³/mol. The Labute approximate surface area is 199 Å². The fraction of sp³-hybridized carbons (Fsp3) is 0.167. The average Bonchev–Trinajstić information content (AvgIpc) is 3.59. The number of nitrogen functional groups attached to an aromatic ring is 1. The van der Waals surface area contributed by atoms with Crippen molar-refractivity contribution in [1.82, 2.24) is 19.9 Å². The molecule has 2 N–H and O–H groups in total. The lowest BCUT2D eigenvalue weighted by Gasteiger charge is -2.19. The van der Waals surface area contributed by atoms with Crippen molar-refractivity contribution in [1.29, 1.82) is 0 Å². The second-order valence-corrected chi connectivity index (χ2v) is 8.77. The quantitative estimate of drug-likeness (QED) is 0.331. The van der Waals surface area contributed by atoms with Crippen molar-refractivity contribution >= 4 is 23.4 Å². The highest BCUT2D eigenvalue weighted by atomic mass is 32.2. The van der Waals surface area contributed by atoms with E-state index in [9.17, 15) is 9.18 Å². The van der Waals surface area contributed by atoms with Gasteiger partial charge in [-0.1, -0.05) is 53.7 Å². The summed E-state index contributed by atoms with van der Waals surface area (Å²) in [6.07, 6.45) is 2.12. The van der Waals surface area contributed by atoms with Gasteiger partial charge in [0.2, 0.25) is 5.16 Å². The Morgan fingerprint density at radius 2 is 1.94 bits per heavy atom. The molecule has 0 fully saturated rings. The summed E-state index contributed by atoms with van der Waals surface area (Å²) in [4.78, 5) is 13.2. The van der Waals surface area contributed by atoms with Crippen molar-refractivity contribution in [3.8, 4) is 11.4 Å². The Balaban J connectivity index is 1.35. The van der Waals surface area contributed by atoms with Crippen molar-refractivity contribution in [2.75, 3.05) is 11.6 Å². The number of carbonyl (C=O) groups excluding carboxylic acids is 1. The van der Waals surface area contributed by atoms with Crippen LogP contribution >= 0.6 is 11.8 Å². The summed E-state index contributed by atoms with van der Waals surface area (Å²) < 4.78 is 20.9. The molecule has 3 heterocycles. The lowest BCUT2D eigenvalue weighted by molar-refractivity contribution is -0.130. The number of carbonyl (C=O) groups is 1. The van der Waals surface area contributed by atoms with Crippen LogP contribution in [0.25, 0.3) is 11.4 Å². The molecule has 1 aliphatic heterocycles. The molecule has 2 aromatic heterocycles. The largest absolute Gasteiger partial charge is 0.467 e. The van der Waals surface area contributed by atoms with Gasteiger partial charge in [-0.15, -0.1) is 10.2 Å². The lowest BCUT2D eigenvalue weighted by Crippen LogP contribution is -2.28. The Bertz CT molecular complexity index is 1350. The Morgan fingerprint density at radius 1 is 1.15 bits per heavy atom. The van der Waals surface area contributed by atoms with Crippen molar-refractivity contribution in [2.45, 2.75) is 24.5 Å². The molecule has 0 saturated carbocycles. The molecule has 172 valence electrons. The third-order valence-electron chi connectivity index (χ3n) is 5.53. The Hall–Kier alpha value is -3.92. The number of thioether (sulfide) groups is 1. The topological polar surface area (TPSA) is 103 Å². The van der Waals surface area contributed by atoms with Crippen LogP contribution < -0.4 is 5.84 Å². The maximum Gasteiger partial charge on any atom is 0.253 e. The maximum atomic E-state index is 14.1. The van der Waals surface area contributed by atoms with Gasteiger partial charge < -0.3 is 10.3 Å². The number of nitrogens with zero attached hydrogens (tertiary/aromatic N) is 5. The monoisotopic (exact) mass is 476 g/mol. The van der Waals surface area contributed by atoms with Crippen LogP contribution in [-0.2, 0) is 4.79 Å². The molecule has 0 radical (unpaired) electrons. The van der Waals surface area contributed by atoms with E-state index in [-0.39, 0.29) is 29.1 Å². The van der Waals surface area contributed by atoms with Crippen LogP contribution in [0.4, 0.5) is 4.39 Å². The SMILES string of the molecule is Cc1ccc(C2=NN(C(=O)CSc3nnc(-c4ccccc4F)n3N)C(c3ccco3)C2)cc1. The molecule has 10 heteroatoms. The van der Waals surface area contributed by atoms with Gasteiger partial charge in [-0.2, -0.15) is 5.10 Å². The molecule has 1 atom stereocenters. The molecule has 0 spiro atoms. The molecule has 1 aliphatic rings. The molecule has 2 aromatic carbocycles. The van der Waals surface area contributed by atoms with Gasteiger partial charge in [0.25, 0.3) is 5.91 Å². The molecule has 34 heavy (non-hydrogen) atoms. The zero-order valence-corrected chi connectivity index (χ0v) is 19.1. The fourth-order valence-electron chi connectivity index (χ4n) is 3.76. The van der Waals surface area contributed by atoms with E-state index >= 15 is 0 Å². The van der Waals surface area contributed by atoms with Gasteiger partial charge >= 0.3 is 0 Å². The standard InChI is InChI=1S/C24H21FN6O2S/c1-15-8-10-16(11-9-15)19-13-20(21-7-4-12-33-21)31(29-19)22(32)14-34-24-28-27-23(30(24)26)17-5-2-3-6-18(17)25/h2-12,20H,13-14,26H2,1H3. The van der Waals surface area contributed by atoms with Crippen LogP contribution in [0.2, 0.25) is 0 Å². The lowest BCUT2D eigenvalue weighted by atomic mass is 10.0. The summed E-state index contributed by atoms with van der Waals surface area (Å²) in [6.45, 7) is 2.02. The highest BCUT2D eigenvalue weighted by Crippen LogP contribution is 2.34. The van der Waals surface area contributed by atoms with E-state index in [2.05, 4.69) is 15.3 Å². The van der Waals surface area contributed by atoms with Crippen molar-refractivity contribution in [3.05, 3.63) is 89.6 Å². The first-order chi connectivity index (χ1) is 16.5. The van der Waals surface area contributed by atoms with E-state index in [0.717, 1.165) is 28.6 Å². The number of rotatable bonds is 6. The zero-order valence-electron chi connectivity index (χ0n) is 18.3. The van der Waals surface area contributed by atoms with Gasteiger partial charge in [-0.05, 0) is 36.8 Å². The molecule has 5 rings (SSSR count). The minimum Gasteiger partial charge on any atom is -0.467 e. The van der Waals surface area contributed by atoms with Crippen LogP contribution in [0, 0.1) is 12.7 Å². The van der Waals surface area contributed by atoms with Crippen LogP contribution in [0.15, 0.2) is 81.6 Å². The molecular formula is C24H21FN6O2S. The van der Waals surface area contributed by atoms with Gasteiger partial charge in [0, 0.05) is 6.42 Å². The minimum absolute atomic E-state index is 0.0223. The fourth-order valence-corrected chi connectivity index (χ4v) is 4.47. The maximum absolute atomic E-state index is 14.1. The molecule has 0 aliphatic carbocycles.